The van der Waals surface area contributed by atoms with E-state index in [1.165, 1.54) is 11.3 Å². The van der Waals surface area contributed by atoms with Gasteiger partial charge in [0.15, 0.2) is 0 Å². The summed E-state index contributed by atoms with van der Waals surface area (Å²) >= 11 is 1.48. The van der Waals surface area contributed by atoms with Gasteiger partial charge in [0.2, 0.25) is 5.91 Å². The van der Waals surface area contributed by atoms with Gasteiger partial charge in [0.1, 0.15) is 11.7 Å². The monoisotopic (exact) mass is 259 g/mol. The number of hydrogen-bond donors (Lipinski definition) is 1. The summed E-state index contributed by atoms with van der Waals surface area (Å²) in [5.41, 5.74) is 6.06. The Kier molecular flexibility index (Phi) is 3.58. The third-order valence-electron chi connectivity index (χ3n) is 3.09. The van der Waals surface area contributed by atoms with E-state index in [2.05, 4.69) is 0 Å². The molecular formula is C14H13NO2S. The molecule has 4 heteroatoms. The first kappa shape index (κ1) is 12.5. The van der Waals surface area contributed by atoms with Crippen LogP contribution in [0.5, 0.6) is 0 Å². The third-order valence-corrected chi connectivity index (χ3v) is 3.77. The minimum absolute atomic E-state index is 0.0586. The molecule has 18 heavy (non-hydrogen) atoms. The first-order chi connectivity index (χ1) is 8.71. The number of hydrogen-bond acceptors (Lipinski definition) is 3. The van der Waals surface area contributed by atoms with Crippen molar-refractivity contribution in [3.63, 3.8) is 0 Å². The van der Waals surface area contributed by atoms with Crippen molar-refractivity contribution >= 4 is 23.5 Å². The van der Waals surface area contributed by atoms with Crippen LogP contribution in [0.2, 0.25) is 0 Å². The fraction of sp³-hybridized carbons (Fsp3) is 0.143. The minimum atomic E-state index is -1.05. The molecule has 1 aromatic heterocycles. The second kappa shape index (κ2) is 5.14. The molecule has 2 N–H and O–H groups in total. The van der Waals surface area contributed by atoms with Crippen LogP contribution < -0.4 is 5.73 Å². The summed E-state index contributed by atoms with van der Waals surface area (Å²) < 4.78 is 0. The maximum Gasteiger partial charge on any atom is 0.233 e. The van der Waals surface area contributed by atoms with E-state index >= 15 is 0 Å². The van der Waals surface area contributed by atoms with Gasteiger partial charge in [-0.05, 0) is 28.0 Å². The topological polar surface area (TPSA) is 60.2 Å². The molecule has 0 saturated carbocycles. The number of rotatable bonds is 5. The van der Waals surface area contributed by atoms with E-state index in [0.29, 0.717) is 0 Å². The molecule has 0 bridgehead atoms. The Morgan fingerprint density at radius 1 is 1.22 bits per heavy atom. The average molecular weight is 259 g/mol. The molecule has 0 aliphatic carbocycles. The van der Waals surface area contributed by atoms with Crippen LogP contribution in [0.1, 0.15) is 17.5 Å². The summed E-state index contributed by atoms with van der Waals surface area (Å²) in [6.07, 6.45) is 0.804. The fourth-order valence-electron chi connectivity index (χ4n) is 2.14. The number of primary amides is 1. The molecule has 92 valence electrons. The first-order valence-electron chi connectivity index (χ1n) is 5.53. The lowest BCUT2D eigenvalue weighted by Crippen LogP contribution is -2.42. The summed E-state index contributed by atoms with van der Waals surface area (Å²) in [5, 5.41) is 3.74. The van der Waals surface area contributed by atoms with Gasteiger partial charge in [0.05, 0.1) is 0 Å². The molecule has 1 heterocycles. The van der Waals surface area contributed by atoms with Gasteiger partial charge in [-0.15, -0.1) is 0 Å². The number of nitrogens with two attached hydrogens (primary N) is 1. The van der Waals surface area contributed by atoms with Crippen molar-refractivity contribution in [3.8, 4) is 0 Å². The number of benzene rings is 1. The van der Waals surface area contributed by atoms with Crippen LogP contribution in [0.25, 0.3) is 0 Å². The molecule has 3 nitrogen and oxygen atoms in total. The van der Waals surface area contributed by atoms with Gasteiger partial charge in [-0.2, -0.15) is 11.3 Å². The Hall–Kier alpha value is -1.94. The van der Waals surface area contributed by atoms with Crippen molar-refractivity contribution in [2.24, 2.45) is 5.73 Å². The Balaban J connectivity index is 2.65. The Morgan fingerprint density at radius 3 is 2.44 bits per heavy atom. The molecule has 2 aromatic rings. The van der Waals surface area contributed by atoms with E-state index in [1.807, 2.05) is 47.2 Å². The highest BCUT2D eigenvalue weighted by molar-refractivity contribution is 7.08. The van der Waals surface area contributed by atoms with Gasteiger partial charge in [-0.3, -0.25) is 4.79 Å². The molecule has 0 radical (unpaired) electrons. The third kappa shape index (κ3) is 1.95. The van der Waals surface area contributed by atoms with E-state index in [1.54, 1.807) is 0 Å². The molecule has 2 rings (SSSR count). The number of carbonyl (C=O) groups excluding carboxylic acids is 2. The van der Waals surface area contributed by atoms with E-state index in [0.717, 1.165) is 17.4 Å². The predicted molar refractivity (Wildman–Crippen MR) is 71.4 cm³/mol. The number of amides is 1. The van der Waals surface area contributed by atoms with Gasteiger partial charge in [0.25, 0.3) is 0 Å². The molecule has 1 amide bonds. The Bertz CT molecular complexity index is 536. The lowest BCUT2D eigenvalue weighted by Gasteiger charge is -2.28. The van der Waals surface area contributed by atoms with E-state index in [9.17, 15) is 9.59 Å². The van der Waals surface area contributed by atoms with Crippen molar-refractivity contribution in [3.05, 3.63) is 58.3 Å². The molecular weight excluding hydrogens is 246 g/mol. The Morgan fingerprint density at radius 2 is 1.94 bits per heavy atom. The fourth-order valence-corrected chi connectivity index (χ4v) is 2.87. The number of aldehydes is 1. The quantitative estimate of drug-likeness (QED) is 0.836. The number of carbonyl (C=O) groups is 2. The minimum Gasteiger partial charge on any atom is -0.369 e. The van der Waals surface area contributed by atoms with Gasteiger partial charge < -0.3 is 10.5 Å². The summed E-state index contributed by atoms with van der Waals surface area (Å²) in [6, 6.07) is 11.0. The van der Waals surface area contributed by atoms with E-state index in [4.69, 9.17) is 5.73 Å². The van der Waals surface area contributed by atoms with Crippen molar-refractivity contribution in [2.45, 2.75) is 11.8 Å². The molecule has 0 saturated heterocycles. The van der Waals surface area contributed by atoms with Crippen molar-refractivity contribution in [2.75, 3.05) is 0 Å². The molecule has 0 fully saturated rings. The predicted octanol–water partition coefficient (Wildman–Crippen LogP) is 2.11. The zero-order valence-corrected chi connectivity index (χ0v) is 10.5. The van der Waals surface area contributed by atoms with Gasteiger partial charge in [-0.1, -0.05) is 30.3 Å². The van der Waals surface area contributed by atoms with E-state index in [-0.39, 0.29) is 6.42 Å². The first-order valence-corrected chi connectivity index (χ1v) is 6.48. The maximum atomic E-state index is 12.0. The lowest BCUT2D eigenvalue weighted by atomic mass is 9.73. The lowest BCUT2D eigenvalue weighted by molar-refractivity contribution is -0.124. The molecule has 1 unspecified atom stereocenters. The highest BCUT2D eigenvalue weighted by Gasteiger charge is 2.40. The zero-order valence-electron chi connectivity index (χ0n) is 9.71. The summed E-state index contributed by atoms with van der Waals surface area (Å²) in [7, 11) is 0. The normalized spacial score (nSPS) is 13.8. The van der Waals surface area contributed by atoms with Crippen LogP contribution in [-0.4, -0.2) is 12.2 Å². The van der Waals surface area contributed by atoms with Crippen LogP contribution in [0.4, 0.5) is 0 Å². The van der Waals surface area contributed by atoms with Crippen molar-refractivity contribution in [1.29, 1.82) is 0 Å². The van der Waals surface area contributed by atoms with Crippen LogP contribution in [0.3, 0.4) is 0 Å². The number of thiophene rings is 1. The largest absolute Gasteiger partial charge is 0.369 e. The molecule has 0 aliphatic rings. The second-order valence-electron chi connectivity index (χ2n) is 4.02. The Labute approximate surface area is 109 Å². The van der Waals surface area contributed by atoms with Crippen LogP contribution in [0, 0.1) is 0 Å². The molecule has 0 aliphatic heterocycles. The average Bonchev–Trinajstić information content (AvgIpc) is 2.90. The summed E-state index contributed by atoms with van der Waals surface area (Å²) in [6.45, 7) is 0. The summed E-state index contributed by atoms with van der Waals surface area (Å²) in [5.74, 6) is -0.501. The zero-order chi connectivity index (χ0) is 13.0. The SMILES string of the molecule is NC(=O)C(CC=O)(c1ccccc1)c1ccsc1. The smallest absolute Gasteiger partial charge is 0.233 e. The maximum absolute atomic E-state index is 12.0. The van der Waals surface area contributed by atoms with Gasteiger partial charge in [-0.25, -0.2) is 0 Å². The molecule has 1 aromatic carbocycles. The van der Waals surface area contributed by atoms with Gasteiger partial charge >= 0.3 is 0 Å². The highest BCUT2D eigenvalue weighted by Crippen LogP contribution is 2.36. The van der Waals surface area contributed by atoms with Crippen LogP contribution in [0.15, 0.2) is 47.2 Å². The standard InChI is InChI=1S/C14H13NO2S/c15-13(17)14(7-8-16,12-6-9-18-10-12)11-4-2-1-3-5-11/h1-6,8-10H,7H2,(H2,15,17). The van der Waals surface area contributed by atoms with E-state index < -0.39 is 11.3 Å². The summed E-state index contributed by atoms with van der Waals surface area (Å²) in [4.78, 5) is 23.0. The highest BCUT2D eigenvalue weighted by atomic mass is 32.1. The van der Waals surface area contributed by atoms with Crippen LogP contribution in [-0.2, 0) is 15.0 Å². The second-order valence-corrected chi connectivity index (χ2v) is 4.80. The van der Waals surface area contributed by atoms with Crippen LogP contribution >= 0.6 is 11.3 Å². The van der Waals surface area contributed by atoms with Crippen molar-refractivity contribution in [1.82, 2.24) is 0 Å². The molecule has 0 spiro atoms. The molecule has 1 atom stereocenters. The van der Waals surface area contributed by atoms with Crippen molar-refractivity contribution < 1.29 is 9.59 Å². The van der Waals surface area contributed by atoms with Gasteiger partial charge in [0, 0.05) is 6.42 Å².